The molecule has 13 heavy (non-hydrogen) atoms. The third-order valence-corrected chi connectivity index (χ3v) is 2.32. The minimum absolute atomic E-state index is 0.660. The van der Waals surface area contributed by atoms with E-state index in [1.807, 2.05) is 24.3 Å². The fraction of sp³-hybridized carbons (Fsp3) is 0.0909. The highest BCUT2D eigenvalue weighted by Gasteiger charge is 2.05. The number of hydrogen-bond acceptors (Lipinski definition) is 1. The first-order valence-electron chi connectivity index (χ1n) is 4.08. The largest absolute Gasteiger partial charge is 0.463 e. The Hall–Kier alpha value is -1.21. The molecule has 0 amide bonds. The molecule has 0 unspecified atom stereocenters. The lowest BCUT2D eigenvalue weighted by Gasteiger charge is -1.99. The molecule has 0 aliphatic carbocycles. The third-order valence-electron chi connectivity index (χ3n) is 2.02. The smallest absolute Gasteiger partial charge is 0.152 e. The molecule has 0 aliphatic rings. The lowest BCUT2D eigenvalue weighted by molar-refractivity contribution is 0.616. The van der Waals surface area contributed by atoms with Crippen molar-refractivity contribution in [3.63, 3.8) is 0 Å². The van der Waals surface area contributed by atoms with Gasteiger partial charge in [-0.2, -0.15) is 0 Å². The topological polar surface area (TPSA) is 13.1 Å². The Bertz CT molecular complexity index is 442. The first-order chi connectivity index (χ1) is 6.33. The van der Waals surface area contributed by atoms with Gasteiger partial charge in [0, 0.05) is 5.39 Å². The SMILES string of the molecule is C=CCc1ccc(Cl)c2occc12. The molecule has 0 saturated carbocycles. The van der Waals surface area contributed by atoms with Crippen molar-refractivity contribution in [1.29, 1.82) is 0 Å². The molecule has 0 spiro atoms. The normalized spacial score (nSPS) is 10.5. The van der Waals surface area contributed by atoms with Gasteiger partial charge in [0.15, 0.2) is 5.58 Å². The summed E-state index contributed by atoms with van der Waals surface area (Å²) in [5.74, 6) is 0. The summed E-state index contributed by atoms with van der Waals surface area (Å²) in [5, 5.41) is 1.74. The van der Waals surface area contributed by atoms with E-state index in [-0.39, 0.29) is 0 Å². The number of allylic oxidation sites excluding steroid dienone is 1. The standard InChI is InChI=1S/C11H9ClO/c1-2-3-8-4-5-10(12)11-9(8)6-7-13-11/h2,4-7H,1,3H2. The van der Waals surface area contributed by atoms with Crippen LogP contribution in [-0.2, 0) is 6.42 Å². The number of benzene rings is 1. The first-order valence-corrected chi connectivity index (χ1v) is 4.46. The number of hydrogen-bond donors (Lipinski definition) is 0. The summed E-state index contributed by atoms with van der Waals surface area (Å²) in [6.07, 6.45) is 4.37. The van der Waals surface area contributed by atoms with Crippen LogP contribution < -0.4 is 0 Å². The van der Waals surface area contributed by atoms with E-state index in [1.54, 1.807) is 6.26 Å². The van der Waals surface area contributed by atoms with Gasteiger partial charge < -0.3 is 4.42 Å². The Kier molecular flexibility index (Phi) is 2.11. The van der Waals surface area contributed by atoms with Crippen LogP contribution in [0.5, 0.6) is 0 Å². The van der Waals surface area contributed by atoms with Crippen LogP contribution in [0, 0.1) is 0 Å². The Balaban J connectivity index is 2.70. The van der Waals surface area contributed by atoms with E-state index in [1.165, 1.54) is 5.56 Å². The van der Waals surface area contributed by atoms with E-state index < -0.39 is 0 Å². The van der Waals surface area contributed by atoms with Gasteiger partial charge in [-0.3, -0.25) is 0 Å². The average molecular weight is 193 g/mol. The van der Waals surface area contributed by atoms with Crippen molar-refractivity contribution in [3.8, 4) is 0 Å². The Morgan fingerprint density at radius 2 is 2.23 bits per heavy atom. The molecule has 2 rings (SSSR count). The molecule has 2 aromatic rings. The Morgan fingerprint density at radius 3 is 3.00 bits per heavy atom. The molecule has 0 saturated heterocycles. The van der Waals surface area contributed by atoms with Crippen LogP contribution in [0.1, 0.15) is 5.56 Å². The van der Waals surface area contributed by atoms with Gasteiger partial charge in [0.05, 0.1) is 11.3 Å². The zero-order valence-electron chi connectivity index (χ0n) is 7.09. The van der Waals surface area contributed by atoms with Crippen molar-refractivity contribution in [1.82, 2.24) is 0 Å². The zero-order chi connectivity index (χ0) is 9.26. The van der Waals surface area contributed by atoms with Crippen molar-refractivity contribution in [2.24, 2.45) is 0 Å². The number of furan rings is 1. The van der Waals surface area contributed by atoms with Crippen molar-refractivity contribution >= 4 is 22.6 Å². The first kappa shape index (κ1) is 8.39. The molecule has 1 aromatic heterocycles. The van der Waals surface area contributed by atoms with Crippen LogP contribution in [0.3, 0.4) is 0 Å². The molecule has 1 aromatic carbocycles. The molecule has 0 bridgehead atoms. The third kappa shape index (κ3) is 1.36. The van der Waals surface area contributed by atoms with Crippen molar-refractivity contribution in [3.05, 3.63) is 47.7 Å². The van der Waals surface area contributed by atoms with Crippen molar-refractivity contribution in [2.75, 3.05) is 0 Å². The monoisotopic (exact) mass is 192 g/mol. The van der Waals surface area contributed by atoms with Gasteiger partial charge in [0.2, 0.25) is 0 Å². The maximum atomic E-state index is 5.95. The lowest BCUT2D eigenvalue weighted by Crippen LogP contribution is -1.81. The second-order valence-corrected chi connectivity index (χ2v) is 3.27. The molecular weight excluding hydrogens is 184 g/mol. The fourth-order valence-electron chi connectivity index (χ4n) is 1.42. The van der Waals surface area contributed by atoms with Crippen LogP contribution in [0.4, 0.5) is 0 Å². The summed E-state index contributed by atoms with van der Waals surface area (Å²) in [6, 6.07) is 5.79. The summed E-state index contributed by atoms with van der Waals surface area (Å²) in [6.45, 7) is 3.71. The van der Waals surface area contributed by atoms with E-state index in [0.29, 0.717) is 5.02 Å². The molecule has 0 aliphatic heterocycles. The van der Waals surface area contributed by atoms with Crippen LogP contribution in [0.25, 0.3) is 11.0 Å². The summed E-state index contributed by atoms with van der Waals surface area (Å²) in [4.78, 5) is 0. The van der Waals surface area contributed by atoms with E-state index in [2.05, 4.69) is 6.58 Å². The number of rotatable bonds is 2. The second-order valence-electron chi connectivity index (χ2n) is 2.86. The van der Waals surface area contributed by atoms with E-state index in [9.17, 15) is 0 Å². The minimum atomic E-state index is 0.660. The molecule has 0 radical (unpaired) electrons. The van der Waals surface area contributed by atoms with Gasteiger partial charge in [-0.05, 0) is 24.1 Å². The van der Waals surface area contributed by atoms with Gasteiger partial charge in [0.25, 0.3) is 0 Å². The van der Waals surface area contributed by atoms with Crippen LogP contribution in [0.2, 0.25) is 5.02 Å². The molecular formula is C11H9ClO. The highest BCUT2D eigenvalue weighted by molar-refractivity contribution is 6.34. The molecule has 2 heteroatoms. The minimum Gasteiger partial charge on any atom is -0.463 e. The average Bonchev–Trinajstić information content (AvgIpc) is 2.59. The molecule has 0 atom stereocenters. The quantitative estimate of drug-likeness (QED) is 0.660. The molecule has 1 nitrogen and oxygen atoms in total. The van der Waals surface area contributed by atoms with Crippen LogP contribution in [-0.4, -0.2) is 0 Å². The van der Waals surface area contributed by atoms with E-state index >= 15 is 0 Å². The molecule has 0 fully saturated rings. The van der Waals surface area contributed by atoms with E-state index in [0.717, 1.165) is 17.4 Å². The predicted molar refractivity (Wildman–Crippen MR) is 55.1 cm³/mol. The summed E-state index contributed by atoms with van der Waals surface area (Å²) < 4.78 is 5.27. The van der Waals surface area contributed by atoms with Gasteiger partial charge >= 0.3 is 0 Å². The molecule has 66 valence electrons. The maximum absolute atomic E-state index is 5.95. The highest BCUT2D eigenvalue weighted by Crippen LogP contribution is 2.27. The second kappa shape index (κ2) is 3.27. The van der Waals surface area contributed by atoms with Gasteiger partial charge in [-0.25, -0.2) is 0 Å². The van der Waals surface area contributed by atoms with Crippen molar-refractivity contribution in [2.45, 2.75) is 6.42 Å². The van der Waals surface area contributed by atoms with Crippen LogP contribution in [0.15, 0.2) is 41.5 Å². The number of halogens is 1. The zero-order valence-corrected chi connectivity index (χ0v) is 7.84. The maximum Gasteiger partial charge on any atom is 0.152 e. The molecule has 0 N–H and O–H groups in total. The summed E-state index contributed by atoms with van der Waals surface area (Å²) in [7, 11) is 0. The van der Waals surface area contributed by atoms with Crippen LogP contribution >= 0.6 is 11.6 Å². The fourth-order valence-corrected chi connectivity index (χ4v) is 1.63. The van der Waals surface area contributed by atoms with Gasteiger partial charge in [-0.1, -0.05) is 23.7 Å². The van der Waals surface area contributed by atoms with E-state index in [4.69, 9.17) is 16.0 Å². The Labute approximate surface area is 81.6 Å². The lowest BCUT2D eigenvalue weighted by atomic mass is 10.1. The predicted octanol–water partition coefficient (Wildman–Crippen LogP) is 3.81. The summed E-state index contributed by atoms with van der Waals surface area (Å²) in [5.41, 5.74) is 1.96. The molecule has 1 heterocycles. The van der Waals surface area contributed by atoms with Gasteiger partial charge in [-0.15, -0.1) is 6.58 Å². The summed E-state index contributed by atoms with van der Waals surface area (Å²) >= 11 is 5.95. The van der Waals surface area contributed by atoms with Crippen molar-refractivity contribution < 1.29 is 4.42 Å². The Morgan fingerprint density at radius 1 is 1.38 bits per heavy atom. The highest BCUT2D eigenvalue weighted by atomic mass is 35.5. The number of fused-ring (bicyclic) bond motifs is 1. The van der Waals surface area contributed by atoms with Gasteiger partial charge in [0.1, 0.15) is 0 Å².